The molecule has 0 spiro atoms. The number of rotatable bonds is 6. The molecule has 4 nitrogen and oxygen atoms in total. The second-order valence-electron chi connectivity index (χ2n) is 5.11. The number of hydrogen-bond donors (Lipinski definition) is 1. The van der Waals surface area contributed by atoms with Crippen LogP contribution in [-0.4, -0.2) is 16.3 Å². The van der Waals surface area contributed by atoms with E-state index in [-0.39, 0.29) is 0 Å². The fourth-order valence-corrected chi connectivity index (χ4v) is 2.45. The monoisotopic (exact) mass is 272 g/mol. The van der Waals surface area contributed by atoms with E-state index < -0.39 is 0 Å². The van der Waals surface area contributed by atoms with Crippen molar-refractivity contribution in [3.63, 3.8) is 0 Å². The smallest absolute Gasteiger partial charge is 0.0599 e. The summed E-state index contributed by atoms with van der Waals surface area (Å²) < 4.78 is 2.08. The molecular weight excluding hydrogens is 248 g/mol. The summed E-state index contributed by atoms with van der Waals surface area (Å²) in [5.74, 6) is 0. The molecule has 0 radical (unpaired) electrons. The van der Waals surface area contributed by atoms with Crippen LogP contribution in [-0.2, 0) is 13.1 Å². The average Bonchev–Trinajstić information content (AvgIpc) is 2.79. The molecule has 1 heterocycles. The van der Waals surface area contributed by atoms with Gasteiger partial charge in [0.05, 0.1) is 17.9 Å². The van der Waals surface area contributed by atoms with E-state index in [0.717, 1.165) is 37.4 Å². The van der Waals surface area contributed by atoms with Crippen molar-refractivity contribution in [3.8, 4) is 0 Å². The van der Waals surface area contributed by atoms with Gasteiger partial charge in [0.25, 0.3) is 0 Å². The van der Waals surface area contributed by atoms with Crippen LogP contribution in [0.3, 0.4) is 0 Å². The van der Waals surface area contributed by atoms with E-state index >= 15 is 0 Å². The minimum atomic E-state index is 0.805. The summed E-state index contributed by atoms with van der Waals surface area (Å²) in [5, 5.41) is 4.52. The molecule has 0 fully saturated rings. The van der Waals surface area contributed by atoms with Gasteiger partial charge >= 0.3 is 0 Å². The molecule has 0 aliphatic rings. The third kappa shape index (κ3) is 3.32. The number of aromatic nitrogens is 2. The second-order valence-corrected chi connectivity index (χ2v) is 5.11. The van der Waals surface area contributed by atoms with E-state index in [2.05, 4.69) is 46.7 Å². The molecule has 0 amide bonds. The van der Waals surface area contributed by atoms with Crippen molar-refractivity contribution >= 4 is 11.4 Å². The lowest BCUT2D eigenvalue weighted by molar-refractivity contribution is 0.604. The van der Waals surface area contributed by atoms with Gasteiger partial charge < -0.3 is 10.6 Å². The molecular formula is C16H24N4. The van der Waals surface area contributed by atoms with E-state index in [9.17, 15) is 0 Å². The van der Waals surface area contributed by atoms with Gasteiger partial charge in [-0.2, -0.15) is 5.10 Å². The molecule has 108 valence electrons. The first-order valence-electron chi connectivity index (χ1n) is 7.27. The Bertz CT molecular complexity index is 542. The standard InChI is InChI=1S/C16H24N4/c1-4-10-19(15-8-6-14(17)7-9-15)12-16-11-13(3)18-20(16)5-2/h6-9,11H,4-5,10,12,17H2,1-3H3. The van der Waals surface area contributed by atoms with Crippen LogP contribution in [0.15, 0.2) is 30.3 Å². The topological polar surface area (TPSA) is 47.1 Å². The zero-order valence-electron chi connectivity index (χ0n) is 12.6. The largest absolute Gasteiger partial charge is 0.399 e. The molecule has 2 N–H and O–H groups in total. The summed E-state index contributed by atoms with van der Waals surface area (Å²) in [7, 11) is 0. The second kappa shape index (κ2) is 6.46. The highest BCUT2D eigenvalue weighted by Gasteiger charge is 2.11. The number of aryl methyl sites for hydroxylation is 2. The average molecular weight is 272 g/mol. The number of benzene rings is 1. The van der Waals surface area contributed by atoms with Crippen LogP contribution in [0.4, 0.5) is 11.4 Å². The predicted molar refractivity (Wildman–Crippen MR) is 84.8 cm³/mol. The van der Waals surface area contributed by atoms with Gasteiger partial charge in [0, 0.05) is 24.5 Å². The number of nitrogens with two attached hydrogens (primary N) is 1. The number of nitrogens with zero attached hydrogens (tertiary/aromatic N) is 3. The third-order valence-corrected chi connectivity index (χ3v) is 3.39. The van der Waals surface area contributed by atoms with Crippen molar-refractivity contribution in [1.82, 2.24) is 9.78 Å². The molecule has 1 aromatic carbocycles. The van der Waals surface area contributed by atoms with Crippen LogP contribution < -0.4 is 10.6 Å². The lowest BCUT2D eigenvalue weighted by Gasteiger charge is -2.24. The molecule has 20 heavy (non-hydrogen) atoms. The maximum Gasteiger partial charge on any atom is 0.0599 e. The Balaban J connectivity index is 2.22. The summed E-state index contributed by atoms with van der Waals surface area (Å²) in [4.78, 5) is 2.38. The van der Waals surface area contributed by atoms with Gasteiger partial charge in [-0.1, -0.05) is 6.92 Å². The molecule has 0 saturated heterocycles. The number of nitrogen functional groups attached to an aromatic ring is 1. The van der Waals surface area contributed by atoms with E-state index in [1.807, 2.05) is 19.1 Å². The number of anilines is 2. The Labute approximate surface area is 121 Å². The summed E-state index contributed by atoms with van der Waals surface area (Å²) in [6.07, 6.45) is 1.11. The molecule has 1 aromatic heterocycles. The van der Waals surface area contributed by atoms with Gasteiger partial charge in [-0.25, -0.2) is 0 Å². The molecule has 4 heteroatoms. The Morgan fingerprint density at radius 3 is 2.50 bits per heavy atom. The molecule has 0 unspecified atom stereocenters. The van der Waals surface area contributed by atoms with Crippen LogP contribution in [0, 0.1) is 6.92 Å². The van der Waals surface area contributed by atoms with Gasteiger partial charge in [-0.3, -0.25) is 4.68 Å². The Morgan fingerprint density at radius 1 is 1.20 bits per heavy atom. The lowest BCUT2D eigenvalue weighted by Crippen LogP contribution is -2.25. The van der Waals surface area contributed by atoms with Crippen LogP contribution >= 0.6 is 0 Å². The van der Waals surface area contributed by atoms with Crippen LogP contribution in [0.2, 0.25) is 0 Å². The molecule has 0 aliphatic heterocycles. The fourth-order valence-electron chi connectivity index (χ4n) is 2.45. The van der Waals surface area contributed by atoms with E-state index in [4.69, 9.17) is 5.73 Å². The van der Waals surface area contributed by atoms with Gasteiger partial charge in [0.15, 0.2) is 0 Å². The zero-order valence-corrected chi connectivity index (χ0v) is 12.6. The summed E-state index contributed by atoms with van der Waals surface area (Å²) in [6, 6.07) is 10.3. The van der Waals surface area contributed by atoms with Gasteiger partial charge in [-0.15, -0.1) is 0 Å². The first kappa shape index (κ1) is 14.4. The molecule has 0 bridgehead atoms. The fraction of sp³-hybridized carbons (Fsp3) is 0.438. The molecule has 0 atom stereocenters. The van der Waals surface area contributed by atoms with E-state index in [0.29, 0.717) is 0 Å². The van der Waals surface area contributed by atoms with Crippen molar-refractivity contribution in [2.75, 3.05) is 17.2 Å². The molecule has 0 saturated carbocycles. The Kier molecular flexibility index (Phi) is 4.66. The molecule has 2 aromatic rings. The maximum absolute atomic E-state index is 5.77. The van der Waals surface area contributed by atoms with Crippen molar-refractivity contribution in [1.29, 1.82) is 0 Å². The predicted octanol–water partition coefficient (Wildman–Crippen LogP) is 3.21. The minimum Gasteiger partial charge on any atom is -0.399 e. The summed E-state index contributed by atoms with van der Waals surface area (Å²) in [6.45, 7) is 9.19. The molecule has 0 aliphatic carbocycles. The first-order chi connectivity index (χ1) is 9.63. The van der Waals surface area contributed by atoms with E-state index in [1.54, 1.807) is 0 Å². The Hall–Kier alpha value is -1.97. The van der Waals surface area contributed by atoms with Gasteiger partial charge in [0.2, 0.25) is 0 Å². The van der Waals surface area contributed by atoms with Crippen LogP contribution in [0.5, 0.6) is 0 Å². The lowest BCUT2D eigenvalue weighted by atomic mass is 10.2. The highest BCUT2D eigenvalue weighted by Crippen LogP contribution is 2.19. The van der Waals surface area contributed by atoms with Crippen molar-refractivity contribution < 1.29 is 0 Å². The van der Waals surface area contributed by atoms with Gasteiger partial charge in [-0.05, 0) is 50.6 Å². The highest BCUT2D eigenvalue weighted by atomic mass is 15.3. The number of hydrogen-bond acceptors (Lipinski definition) is 3. The van der Waals surface area contributed by atoms with Crippen LogP contribution in [0.25, 0.3) is 0 Å². The third-order valence-electron chi connectivity index (χ3n) is 3.39. The van der Waals surface area contributed by atoms with E-state index in [1.165, 1.54) is 11.4 Å². The SMILES string of the molecule is CCCN(Cc1cc(C)nn1CC)c1ccc(N)cc1. The van der Waals surface area contributed by atoms with Crippen molar-refractivity contribution in [2.45, 2.75) is 40.3 Å². The quantitative estimate of drug-likeness (QED) is 0.821. The van der Waals surface area contributed by atoms with Crippen LogP contribution in [0.1, 0.15) is 31.7 Å². The highest BCUT2D eigenvalue weighted by molar-refractivity contribution is 5.53. The van der Waals surface area contributed by atoms with Gasteiger partial charge in [0.1, 0.15) is 0 Å². The molecule has 2 rings (SSSR count). The van der Waals surface area contributed by atoms with Crippen molar-refractivity contribution in [2.24, 2.45) is 0 Å². The Morgan fingerprint density at radius 2 is 1.90 bits per heavy atom. The van der Waals surface area contributed by atoms with Crippen molar-refractivity contribution in [3.05, 3.63) is 41.7 Å². The maximum atomic E-state index is 5.77. The minimum absolute atomic E-state index is 0.805. The zero-order chi connectivity index (χ0) is 14.5. The first-order valence-corrected chi connectivity index (χ1v) is 7.27. The summed E-state index contributed by atoms with van der Waals surface area (Å²) in [5.41, 5.74) is 10.1. The normalized spacial score (nSPS) is 10.8. The summed E-state index contributed by atoms with van der Waals surface area (Å²) >= 11 is 0.